The normalized spacial score (nSPS) is 16.0. The summed E-state index contributed by atoms with van der Waals surface area (Å²) < 4.78 is 2.23. The topological polar surface area (TPSA) is 32.0 Å². The van der Waals surface area contributed by atoms with Crippen LogP contribution >= 0.6 is 11.6 Å². The second-order valence-corrected chi connectivity index (χ2v) is 7.17. The van der Waals surface area contributed by atoms with Gasteiger partial charge in [-0.3, -0.25) is 4.90 Å². The molecule has 0 aliphatic carbocycles. The van der Waals surface area contributed by atoms with Crippen molar-refractivity contribution in [1.29, 1.82) is 5.26 Å². The minimum atomic E-state index is 0.738. The van der Waals surface area contributed by atoms with E-state index in [1.54, 1.807) is 6.08 Å². The van der Waals surface area contributed by atoms with Crippen molar-refractivity contribution in [3.05, 3.63) is 58.4 Å². The number of aryl methyl sites for hydroxylation is 1. The molecule has 0 bridgehead atoms. The third-order valence-electron chi connectivity index (χ3n) is 4.94. The molecule has 1 aliphatic heterocycles. The minimum Gasteiger partial charge on any atom is -0.318 e. The first-order valence-electron chi connectivity index (χ1n) is 8.86. The van der Waals surface area contributed by atoms with Gasteiger partial charge in [-0.1, -0.05) is 18.0 Å². The molecular formula is C21H24ClN3. The van der Waals surface area contributed by atoms with Crippen LogP contribution in [-0.4, -0.2) is 29.1 Å². The van der Waals surface area contributed by atoms with E-state index in [-0.39, 0.29) is 0 Å². The van der Waals surface area contributed by atoms with Gasteiger partial charge in [0, 0.05) is 40.3 Å². The van der Waals surface area contributed by atoms with Gasteiger partial charge in [0.15, 0.2) is 0 Å². The molecule has 0 spiro atoms. The molecule has 0 unspecified atom stereocenters. The zero-order valence-electron chi connectivity index (χ0n) is 14.9. The fourth-order valence-electron chi connectivity index (χ4n) is 3.72. The number of piperidine rings is 1. The minimum absolute atomic E-state index is 0.738. The lowest BCUT2D eigenvalue weighted by Crippen LogP contribution is -2.31. The second-order valence-electron chi connectivity index (χ2n) is 6.73. The van der Waals surface area contributed by atoms with Crippen molar-refractivity contribution in [3.63, 3.8) is 0 Å². The number of hydrogen-bond acceptors (Lipinski definition) is 2. The Balaban J connectivity index is 1.95. The molecule has 4 heteroatoms. The quantitative estimate of drug-likeness (QED) is 0.713. The summed E-state index contributed by atoms with van der Waals surface area (Å²) >= 11 is 6.02. The molecule has 25 heavy (non-hydrogen) atoms. The van der Waals surface area contributed by atoms with Crippen LogP contribution in [0.5, 0.6) is 0 Å². The number of likely N-dealkylation sites (tertiary alicyclic amines) is 1. The number of halogens is 1. The Labute approximate surface area is 155 Å². The highest BCUT2D eigenvalue weighted by atomic mass is 35.5. The molecule has 1 aromatic carbocycles. The van der Waals surface area contributed by atoms with E-state index in [4.69, 9.17) is 11.6 Å². The first-order valence-corrected chi connectivity index (χ1v) is 9.24. The van der Waals surface area contributed by atoms with E-state index in [2.05, 4.69) is 35.5 Å². The van der Waals surface area contributed by atoms with Crippen LogP contribution < -0.4 is 0 Å². The lowest BCUT2D eigenvalue weighted by atomic mass is 10.0. The number of allylic oxidation sites excluding steroid dienone is 1. The van der Waals surface area contributed by atoms with Crippen molar-refractivity contribution < 1.29 is 0 Å². The number of nitrogens with zero attached hydrogens (tertiary/aromatic N) is 3. The predicted octanol–water partition coefficient (Wildman–Crippen LogP) is 5.14. The second kappa shape index (κ2) is 7.91. The summed E-state index contributed by atoms with van der Waals surface area (Å²) in [4.78, 5) is 2.46. The Morgan fingerprint density at radius 1 is 1.16 bits per heavy atom. The Kier molecular flexibility index (Phi) is 5.63. The van der Waals surface area contributed by atoms with E-state index in [9.17, 15) is 5.26 Å². The Morgan fingerprint density at radius 2 is 1.84 bits per heavy atom. The zero-order chi connectivity index (χ0) is 17.8. The monoisotopic (exact) mass is 353 g/mol. The predicted molar refractivity (Wildman–Crippen MR) is 104 cm³/mol. The Bertz CT molecular complexity index is 803. The molecule has 0 radical (unpaired) electrons. The van der Waals surface area contributed by atoms with Gasteiger partial charge in [0.2, 0.25) is 0 Å². The van der Waals surface area contributed by atoms with Crippen LogP contribution in [-0.2, 0) is 0 Å². The summed E-state index contributed by atoms with van der Waals surface area (Å²) in [6, 6.07) is 12.3. The fourth-order valence-corrected chi connectivity index (χ4v) is 3.85. The summed E-state index contributed by atoms with van der Waals surface area (Å²) in [7, 11) is 0. The van der Waals surface area contributed by atoms with Crippen LogP contribution in [0.2, 0.25) is 5.02 Å². The zero-order valence-corrected chi connectivity index (χ0v) is 15.7. The highest BCUT2D eigenvalue weighted by molar-refractivity contribution is 6.30. The van der Waals surface area contributed by atoms with Crippen molar-refractivity contribution in [2.75, 3.05) is 19.6 Å². The number of aromatic nitrogens is 1. The average molecular weight is 354 g/mol. The maximum atomic E-state index is 9.28. The number of benzene rings is 1. The van der Waals surface area contributed by atoms with E-state index in [0.717, 1.165) is 41.6 Å². The van der Waals surface area contributed by atoms with E-state index < -0.39 is 0 Å². The van der Waals surface area contributed by atoms with Gasteiger partial charge in [0.05, 0.1) is 6.07 Å². The molecule has 2 aromatic rings. The van der Waals surface area contributed by atoms with Crippen molar-refractivity contribution >= 4 is 17.2 Å². The highest BCUT2D eigenvalue weighted by Gasteiger charge is 2.18. The SMILES string of the molecule is Cc1cc(/C(=C/C#N)CN2CCCCC2)c(C)n1-c1ccc(Cl)cc1. The molecule has 0 saturated carbocycles. The van der Waals surface area contributed by atoms with E-state index in [0.29, 0.717) is 0 Å². The summed E-state index contributed by atoms with van der Waals surface area (Å²) in [5, 5.41) is 10.0. The molecule has 0 atom stereocenters. The summed E-state index contributed by atoms with van der Waals surface area (Å²) in [6.45, 7) is 7.32. The van der Waals surface area contributed by atoms with Crippen molar-refractivity contribution in [3.8, 4) is 11.8 Å². The average Bonchev–Trinajstić information content (AvgIpc) is 2.91. The highest BCUT2D eigenvalue weighted by Crippen LogP contribution is 2.28. The summed E-state index contributed by atoms with van der Waals surface area (Å²) in [5.74, 6) is 0. The molecule has 1 fully saturated rings. The maximum absolute atomic E-state index is 9.28. The van der Waals surface area contributed by atoms with Crippen LogP contribution in [0, 0.1) is 25.2 Å². The third-order valence-corrected chi connectivity index (χ3v) is 5.20. The number of rotatable bonds is 4. The van der Waals surface area contributed by atoms with Gasteiger partial charge in [0.25, 0.3) is 0 Å². The van der Waals surface area contributed by atoms with Gasteiger partial charge in [-0.15, -0.1) is 0 Å². The van der Waals surface area contributed by atoms with Gasteiger partial charge < -0.3 is 4.57 Å². The van der Waals surface area contributed by atoms with E-state index in [1.807, 2.05) is 24.3 Å². The van der Waals surface area contributed by atoms with Gasteiger partial charge in [-0.25, -0.2) is 0 Å². The Hall–Kier alpha value is -2.02. The molecule has 1 aromatic heterocycles. The van der Waals surface area contributed by atoms with Crippen LogP contribution in [0.3, 0.4) is 0 Å². The van der Waals surface area contributed by atoms with Gasteiger partial charge in [-0.2, -0.15) is 5.26 Å². The molecular weight excluding hydrogens is 330 g/mol. The van der Waals surface area contributed by atoms with Gasteiger partial charge in [-0.05, 0) is 75.7 Å². The molecule has 0 amide bonds. The molecule has 130 valence electrons. The first-order chi connectivity index (χ1) is 12.1. The summed E-state index contributed by atoms with van der Waals surface area (Å²) in [6.07, 6.45) is 5.54. The lowest BCUT2D eigenvalue weighted by molar-refractivity contribution is 0.255. The van der Waals surface area contributed by atoms with Gasteiger partial charge in [0.1, 0.15) is 0 Å². The number of nitriles is 1. The van der Waals surface area contributed by atoms with Crippen LogP contribution in [0.15, 0.2) is 36.4 Å². The van der Waals surface area contributed by atoms with Crippen LogP contribution in [0.1, 0.15) is 36.2 Å². The van der Waals surface area contributed by atoms with E-state index in [1.165, 1.54) is 30.5 Å². The van der Waals surface area contributed by atoms with Crippen molar-refractivity contribution in [1.82, 2.24) is 9.47 Å². The van der Waals surface area contributed by atoms with Crippen molar-refractivity contribution in [2.45, 2.75) is 33.1 Å². The lowest BCUT2D eigenvalue weighted by Gasteiger charge is -2.27. The largest absolute Gasteiger partial charge is 0.318 e. The molecule has 0 N–H and O–H groups in total. The fraction of sp³-hybridized carbons (Fsp3) is 0.381. The molecule has 1 aliphatic rings. The standard InChI is InChI=1S/C21H24ClN3/c1-16-14-21(17(2)25(16)20-8-6-19(22)7-9-20)18(10-11-23)15-24-12-4-3-5-13-24/h6-10,14H,3-5,12-13,15H2,1-2H3/b18-10+. The van der Waals surface area contributed by atoms with E-state index >= 15 is 0 Å². The van der Waals surface area contributed by atoms with Crippen molar-refractivity contribution in [2.24, 2.45) is 0 Å². The van der Waals surface area contributed by atoms with Crippen LogP contribution in [0.4, 0.5) is 0 Å². The Morgan fingerprint density at radius 3 is 2.48 bits per heavy atom. The van der Waals surface area contributed by atoms with Gasteiger partial charge >= 0.3 is 0 Å². The first kappa shape index (κ1) is 17.8. The van der Waals surface area contributed by atoms with Crippen LogP contribution in [0.25, 0.3) is 11.3 Å². The maximum Gasteiger partial charge on any atom is 0.0915 e. The molecule has 2 heterocycles. The third kappa shape index (κ3) is 3.98. The number of hydrogen-bond donors (Lipinski definition) is 0. The molecule has 3 nitrogen and oxygen atoms in total. The summed E-state index contributed by atoms with van der Waals surface area (Å²) in [5.41, 5.74) is 5.70. The molecule has 1 saturated heterocycles. The molecule has 3 rings (SSSR count). The smallest absolute Gasteiger partial charge is 0.0915 e.